The summed E-state index contributed by atoms with van der Waals surface area (Å²) in [4.78, 5) is 33.1. The van der Waals surface area contributed by atoms with Crippen molar-refractivity contribution in [2.24, 2.45) is 0 Å². The number of carbonyl (C=O) groups is 1. The predicted molar refractivity (Wildman–Crippen MR) is 114 cm³/mol. The van der Waals surface area contributed by atoms with E-state index in [4.69, 9.17) is 4.74 Å². The van der Waals surface area contributed by atoms with Gasteiger partial charge in [0.1, 0.15) is 23.8 Å². The minimum atomic E-state index is -0.550. The third-order valence-corrected chi connectivity index (χ3v) is 5.05. The van der Waals surface area contributed by atoms with Gasteiger partial charge in [-0.15, -0.1) is 11.3 Å². The zero-order valence-corrected chi connectivity index (χ0v) is 17.1. The van der Waals surface area contributed by atoms with Gasteiger partial charge in [0.2, 0.25) is 5.91 Å². The zero-order valence-electron chi connectivity index (χ0n) is 16.3. The molecule has 31 heavy (non-hydrogen) atoms. The predicted octanol–water partition coefficient (Wildman–Crippen LogP) is 3.22. The molecule has 3 heterocycles. The van der Waals surface area contributed by atoms with Gasteiger partial charge in [0.05, 0.1) is 18.5 Å². The molecule has 4 rings (SSSR count). The van der Waals surface area contributed by atoms with Crippen LogP contribution in [0.25, 0.3) is 22.6 Å². The summed E-state index contributed by atoms with van der Waals surface area (Å²) >= 11 is 1.24. The molecule has 156 valence electrons. The SMILES string of the molecule is COc1ccc(-c2ccc(=O)n(CC(=O)Nc3nc(-c4ccccn4)cs3)n2)c(F)c1. The number of carbonyl (C=O) groups excluding carboxylic acids is 1. The summed E-state index contributed by atoms with van der Waals surface area (Å²) < 4.78 is 20.3. The third kappa shape index (κ3) is 4.64. The van der Waals surface area contributed by atoms with Crippen molar-refractivity contribution in [2.75, 3.05) is 12.4 Å². The van der Waals surface area contributed by atoms with Crippen molar-refractivity contribution in [3.63, 3.8) is 0 Å². The Labute approximate surface area is 180 Å². The Balaban J connectivity index is 1.50. The number of nitrogens with one attached hydrogen (secondary N) is 1. The molecule has 10 heteroatoms. The Bertz CT molecular complexity index is 1290. The molecule has 0 bridgehead atoms. The largest absolute Gasteiger partial charge is 0.497 e. The molecule has 0 fully saturated rings. The Hall–Kier alpha value is -3.92. The van der Waals surface area contributed by atoms with Crippen LogP contribution in [0.15, 0.2) is 64.9 Å². The van der Waals surface area contributed by atoms with Gasteiger partial charge in [-0.1, -0.05) is 6.07 Å². The van der Waals surface area contributed by atoms with Crippen LogP contribution in [0.1, 0.15) is 0 Å². The normalized spacial score (nSPS) is 10.6. The Kier molecular flexibility index (Phi) is 5.80. The van der Waals surface area contributed by atoms with Crippen LogP contribution in [-0.4, -0.2) is 32.8 Å². The van der Waals surface area contributed by atoms with Gasteiger partial charge in [0, 0.05) is 29.3 Å². The van der Waals surface area contributed by atoms with Crippen LogP contribution in [-0.2, 0) is 11.3 Å². The van der Waals surface area contributed by atoms with Crippen molar-refractivity contribution >= 4 is 22.4 Å². The lowest BCUT2D eigenvalue weighted by Gasteiger charge is -2.08. The summed E-state index contributed by atoms with van der Waals surface area (Å²) in [6.07, 6.45) is 1.66. The number of hydrogen-bond donors (Lipinski definition) is 1. The first-order valence-electron chi connectivity index (χ1n) is 9.12. The number of ether oxygens (including phenoxy) is 1. The topological polar surface area (TPSA) is 99.0 Å². The van der Waals surface area contributed by atoms with E-state index in [-0.39, 0.29) is 17.8 Å². The van der Waals surface area contributed by atoms with E-state index < -0.39 is 17.3 Å². The number of halogens is 1. The second-order valence-electron chi connectivity index (χ2n) is 6.36. The maximum absolute atomic E-state index is 14.3. The summed E-state index contributed by atoms with van der Waals surface area (Å²) in [6, 6.07) is 12.4. The van der Waals surface area contributed by atoms with Gasteiger partial charge in [-0.05, 0) is 30.3 Å². The van der Waals surface area contributed by atoms with E-state index in [1.54, 1.807) is 23.7 Å². The molecule has 0 aliphatic rings. The van der Waals surface area contributed by atoms with Crippen LogP contribution in [0, 0.1) is 5.82 Å². The molecule has 0 unspecified atom stereocenters. The van der Waals surface area contributed by atoms with Crippen LogP contribution in [0.4, 0.5) is 9.52 Å². The molecule has 0 aliphatic carbocycles. The van der Waals surface area contributed by atoms with Crippen LogP contribution in [0.5, 0.6) is 5.75 Å². The summed E-state index contributed by atoms with van der Waals surface area (Å²) in [6.45, 7) is -0.344. The first-order chi connectivity index (χ1) is 15.0. The fourth-order valence-corrected chi connectivity index (χ4v) is 3.51. The maximum atomic E-state index is 14.3. The molecule has 0 aliphatic heterocycles. The van der Waals surface area contributed by atoms with E-state index in [9.17, 15) is 14.0 Å². The second-order valence-corrected chi connectivity index (χ2v) is 7.22. The van der Waals surface area contributed by atoms with Gasteiger partial charge in [-0.3, -0.25) is 14.6 Å². The zero-order chi connectivity index (χ0) is 21.8. The summed E-state index contributed by atoms with van der Waals surface area (Å²) in [5, 5.41) is 8.92. The van der Waals surface area contributed by atoms with Gasteiger partial charge in [0.25, 0.3) is 5.56 Å². The van der Waals surface area contributed by atoms with Gasteiger partial charge in [-0.25, -0.2) is 14.1 Å². The first-order valence-corrected chi connectivity index (χ1v) is 10.0. The van der Waals surface area contributed by atoms with Crippen molar-refractivity contribution < 1.29 is 13.9 Å². The lowest BCUT2D eigenvalue weighted by atomic mass is 10.1. The average Bonchev–Trinajstić information content (AvgIpc) is 3.24. The molecule has 0 saturated heterocycles. The molecule has 8 nitrogen and oxygen atoms in total. The quantitative estimate of drug-likeness (QED) is 0.497. The van der Waals surface area contributed by atoms with Crippen molar-refractivity contribution in [3.8, 4) is 28.4 Å². The van der Waals surface area contributed by atoms with Gasteiger partial charge < -0.3 is 10.1 Å². The van der Waals surface area contributed by atoms with Gasteiger partial charge in [-0.2, -0.15) is 5.10 Å². The number of hydrogen-bond acceptors (Lipinski definition) is 7. The lowest BCUT2D eigenvalue weighted by molar-refractivity contribution is -0.117. The summed E-state index contributed by atoms with van der Waals surface area (Å²) in [5.74, 6) is -0.669. The van der Waals surface area contributed by atoms with E-state index in [2.05, 4.69) is 20.4 Å². The highest BCUT2D eigenvalue weighted by Crippen LogP contribution is 2.24. The van der Waals surface area contributed by atoms with Crippen molar-refractivity contribution in [3.05, 3.63) is 76.3 Å². The molecular weight excluding hydrogens is 421 g/mol. The number of amides is 1. The van der Waals surface area contributed by atoms with Gasteiger partial charge >= 0.3 is 0 Å². The Morgan fingerprint density at radius 2 is 2.03 bits per heavy atom. The van der Waals surface area contributed by atoms with Gasteiger partial charge in [0.15, 0.2) is 5.13 Å². The summed E-state index contributed by atoms with van der Waals surface area (Å²) in [5.41, 5.74) is 1.25. The fourth-order valence-electron chi connectivity index (χ4n) is 2.79. The molecule has 1 aromatic carbocycles. The molecule has 0 atom stereocenters. The van der Waals surface area contributed by atoms with Crippen molar-refractivity contribution in [1.82, 2.24) is 19.7 Å². The minimum absolute atomic E-state index is 0.190. The number of aromatic nitrogens is 4. The molecule has 4 aromatic rings. The first kappa shape index (κ1) is 20.4. The number of benzene rings is 1. The second kappa shape index (κ2) is 8.84. The van der Waals surface area contributed by atoms with E-state index in [0.717, 1.165) is 4.68 Å². The highest BCUT2D eigenvalue weighted by molar-refractivity contribution is 7.14. The fraction of sp³-hybridized carbons (Fsp3) is 0.0952. The summed E-state index contributed by atoms with van der Waals surface area (Å²) in [7, 11) is 1.44. The third-order valence-electron chi connectivity index (χ3n) is 4.29. The molecule has 0 spiro atoms. The molecule has 1 N–H and O–H groups in total. The molecule has 0 saturated carbocycles. The highest BCUT2D eigenvalue weighted by atomic mass is 32.1. The Morgan fingerprint density at radius 1 is 1.16 bits per heavy atom. The van der Waals surface area contributed by atoms with E-state index in [1.165, 1.54) is 42.7 Å². The van der Waals surface area contributed by atoms with Crippen LogP contribution >= 0.6 is 11.3 Å². The monoisotopic (exact) mass is 437 g/mol. The number of pyridine rings is 1. The minimum Gasteiger partial charge on any atom is -0.497 e. The van der Waals surface area contributed by atoms with E-state index in [1.807, 2.05) is 12.1 Å². The average molecular weight is 437 g/mol. The Morgan fingerprint density at radius 3 is 2.77 bits per heavy atom. The van der Waals surface area contributed by atoms with Crippen LogP contribution in [0.2, 0.25) is 0 Å². The maximum Gasteiger partial charge on any atom is 0.267 e. The standard InChI is InChI=1S/C21H16FN5O3S/c1-30-13-5-6-14(15(22)10-13)16-7-8-20(29)27(26-16)11-19(28)25-21-24-18(12-31-21)17-4-2-3-9-23-17/h2-10,12H,11H2,1H3,(H,24,25,28). The van der Waals surface area contributed by atoms with E-state index in [0.29, 0.717) is 22.3 Å². The van der Waals surface area contributed by atoms with Crippen LogP contribution in [0.3, 0.4) is 0 Å². The number of anilines is 1. The molecule has 0 radical (unpaired) electrons. The number of thiazole rings is 1. The number of nitrogens with zero attached hydrogens (tertiary/aromatic N) is 4. The van der Waals surface area contributed by atoms with Crippen molar-refractivity contribution in [2.45, 2.75) is 6.54 Å². The van der Waals surface area contributed by atoms with E-state index >= 15 is 0 Å². The number of methoxy groups -OCH3 is 1. The lowest BCUT2D eigenvalue weighted by Crippen LogP contribution is -2.29. The smallest absolute Gasteiger partial charge is 0.267 e. The number of rotatable bonds is 6. The molecular formula is C21H16FN5O3S. The molecule has 1 amide bonds. The highest BCUT2D eigenvalue weighted by Gasteiger charge is 2.13. The van der Waals surface area contributed by atoms with Crippen LogP contribution < -0.4 is 15.6 Å². The van der Waals surface area contributed by atoms with Crippen molar-refractivity contribution in [1.29, 1.82) is 0 Å². The molecule has 3 aromatic heterocycles.